The van der Waals surface area contributed by atoms with Crippen LogP contribution in [0.3, 0.4) is 0 Å². The molecule has 1 aliphatic heterocycles. The number of aliphatic hydroxyl groups is 3. The van der Waals surface area contributed by atoms with Crippen LogP contribution in [0.5, 0.6) is 0 Å². The molecule has 13 heteroatoms. The first kappa shape index (κ1) is 21.0. The number of nitrogens with two attached hydrogens (primary N) is 3. The van der Waals surface area contributed by atoms with Crippen LogP contribution in [0.2, 0.25) is 0 Å². The quantitative estimate of drug-likeness (QED) is 0.266. The van der Waals surface area contributed by atoms with Gasteiger partial charge in [-0.1, -0.05) is 13.3 Å². The maximum atomic E-state index is 13.2. The Bertz CT molecular complexity index is 951. The van der Waals surface area contributed by atoms with Crippen molar-refractivity contribution in [1.29, 1.82) is 0 Å². The van der Waals surface area contributed by atoms with Crippen LogP contribution in [0.15, 0.2) is 12.7 Å². The minimum atomic E-state index is -2.94. The number of ether oxygens (including phenoxy) is 1. The fourth-order valence-electron chi connectivity index (χ4n) is 3.71. The number of nitrogens with zero attached hydrogens (tertiary/aromatic N) is 4. The molecule has 0 saturated carbocycles. The molecule has 29 heavy (non-hydrogen) atoms. The van der Waals surface area contributed by atoms with Crippen LogP contribution < -0.4 is 17.2 Å². The van der Waals surface area contributed by atoms with Gasteiger partial charge in [0, 0.05) is 0 Å². The number of Topliss-reactive ketones (excluding diaryl/α,β-unsaturated/α-hetero) is 1. The maximum absolute atomic E-state index is 13.2. The Morgan fingerprint density at radius 3 is 2.66 bits per heavy atom. The van der Waals surface area contributed by atoms with Gasteiger partial charge in [-0.2, -0.15) is 0 Å². The zero-order chi connectivity index (χ0) is 21.6. The second-order valence-corrected chi connectivity index (χ2v) is 6.86. The number of carbonyl (C=O) groups excluding carboxylic acids is 2. The summed E-state index contributed by atoms with van der Waals surface area (Å²) in [6.07, 6.45) is -0.801. The highest BCUT2D eigenvalue weighted by atomic mass is 16.6. The lowest BCUT2D eigenvalue weighted by molar-refractivity contribution is -0.201. The summed E-state index contributed by atoms with van der Waals surface area (Å²) in [4.78, 5) is 37.6. The van der Waals surface area contributed by atoms with Gasteiger partial charge in [0.25, 0.3) is 11.6 Å². The highest BCUT2D eigenvalue weighted by molar-refractivity contribution is 6.01. The number of aliphatic hydroxyl groups excluding tert-OH is 2. The molecule has 5 atom stereocenters. The third-order valence-corrected chi connectivity index (χ3v) is 5.15. The van der Waals surface area contributed by atoms with Crippen LogP contribution in [-0.4, -0.2) is 77.0 Å². The van der Waals surface area contributed by atoms with Crippen molar-refractivity contribution in [1.82, 2.24) is 19.5 Å². The highest BCUT2D eigenvalue weighted by Gasteiger charge is 2.74. The van der Waals surface area contributed by atoms with E-state index in [9.17, 15) is 24.9 Å². The first-order valence-electron chi connectivity index (χ1n) is 8.89. The monoisotopic (exact) mass is 409 g/mol. The normalized spacial score (nSPS) is 30.5. The van der Waals surface area contributed by atoms with Gasteiger partial charge >= 0.3 is 0 Å². The van der Waals surface area contributed by atoms with Crippen molar-refractivity contribution in [2.24, 2.45) is 11.5 Å². The summed E-state index contributed by atoms with van der Waals surface area (Å²) >= 11 is 0. The van der Waals surface area contributed by atoms with Gasteiger partial charge in [-0.25, -0.2) is 15.0 Å². The van der Waals surface area contributed by atoms with Crippen LogP contribution in [0.4, 0.5) is 5.82 Å². The summed E-state index contributed by atoms with van der Waals surface area (Å²) in [6, 6.07) is -1.24. The number of aromatic nitrogens is 4. The van der Waals surface area contributed by atoms with Crippen LogP contribution in [0.25, 0.3) is 11.2 Å². The van der Waals surface area contributed by atoms with Gasteiger partial charge in [0.2, 0.25) is 5.60 Å². The third-order valence-electron chi connectivity index (χ3n) is 5.15. The molecular weight excluding hydrogens is 386 g/mol. The summed E-state index contributed by atoms with van der Waals surface area (Å²) < 4.78 is 6.45. The standard InChI is InChI=1S/C16H23N7O6/c1-2-3-7(17)10(25)15(28)11(26)8(4-24)29-16(15,14(19)27)23-6-22-9-12(18)20-5-21-13(9)23/h5-8,11,24,26,28H,2-4,17H2,1H3,(H2,19,27)(H2,18,20,21)/t7-,8+,11+,15+,16+/m0/s1. The number of hydrogen-bond acceptors (Lipinski definition) is 11. The molecule has 1 saturated heterocycles. The van der Waals surface area contributed by atoms with Gasteiger partial charge in [0.1, 0.15) is 30.4 Å². The van der Waals surface area contributed by atoms with Gasteiger partial charge in [-0.05, 0) is 6.42 Å². The van der Waals surface area contributed by atoms with Crippen molar-refractivity contribution in [3.05, 3.63) is 12.7 Å². The Morgan fingerprint density at radius 1 is 1.38 bits per heavy atom. The summed E-state index contributed by atoms with van der Waals surface area (Å²) in [5.74, 6) is -2.45. The van der Waals surface area contributed by atoms with E-state index in [0.717, 1.165) is 17.2 Å². The van der Waals surface area contributed by atoms with Crippen molar-refractivity contribution in [2.45, 2.75) is 49.3 Å². The van der Waals surface area contributed by atoms with Crippen LogP contribution in [0.1, 0.15) is 19.8 Å². The molecule has 2 aromatic rings. The Morgan fingerprint density at radius 2 is 2.07 bits per heavy atom. The molecule has 1 amide bonds. The molecule has 158 valence electrons. The smallest absolute Gasteiger partial charge is 0.275 e. The SMILES string of the molecule is CCC[C@H](N)C(=O)[C@@]1(O)[C@H](O)[C@@H](CO)O[C@@]1(C(N)=O)n1cnc2c(N)ncnc21. The van der Waals surface area contributed by atoms with E-state index in [4.69, 9.17) is 21.9 Å². The Balaban J connectivity index is 2.32. The molecule has 0 radical (unpaired) electrons. The molecule has 1 aliphatic rings. The van der Waals surface area contributed by atoms with Gasteiger partial charge in [0.05, 0.1) is 12.6 Å². The Labute approximate surface area is 164 Å². The molecule has 0 spiro atoms. The average Bonchev–Trinajstić information content (AvgIpc) is 3.21. The van der Waals surface area contributed by atoms with Crippen LogP contribution in [0, 0.1) is 0 Å². The zero-order valence-electron chi connectivity index (χ0n) is 15.6. The number of rotatable bonds is 7. The minimum Gasteiger partial charge on any atom is -0.394 e. The molecule has 9 N–H and O–H groups in total. The van der Waals surface area contributed by atoms with Crippen LogP contribution >= 0.6 is 0 Å². The molecule has 0 aromatic carbocycles. The number of fused-ring (bicyclic) bond motifs is 1. The Kier molecular flexibility index (Phi) is 5.27. The minimum absolute atomic E-state index is 0.0387. The number of anilines is 1. The molecule has 2 aromatic heterocycles. The number of amides is 1. The van der Waals surface area contributed by atoms with Gasteiger partial charge in [0.15, 0.2) is 17.2 Å². The van der Waals surface area contributed by atoms with Crippen molar-refractivity contribution in [3.8, 4) is 0 Å². The number of imidazole rings is 1. The molecule has 1 fully saturated rings. The number of ketones is 1. The predicted octanol–water partition coefficient (Wildman–Crippen LogP) is -3.27. The van der Waals surface area contributed by atoms with Crippen molar-refractivity contribution in [3.63, 3.8) is 0 Å². The lowest BCUT2D eigenvalue weighted by Crippen LogP contribution is -2.70. The first-order valence-corrected chi connectivity index (χ1v) is 8.89. The summed E-state index contributed by atoms with van der Waals surface area (Å²) in [6.45, 7) is 0.943. The van der Waals surface area contributed by atoms with E-state index in [1.807, 2.05) is 0 Å². The molecule has 0 aliphatic carbocycles. The van der Waals surface area contributed by atoms with E-state index < -0.39 is 47.9 Å². The summed E-state index contributed by atoms with van der Waals surface area (Å²) in [7, 11) is 0. The molecule has 0 unspecified atom stereocenters. The largest absolute Gasteiger partial charge is 0.394 e. The average molecular weight is 409 g/mol. The van der Waals surface area contributed by atoms with Crippen molar-refractivity contribution < 1.29 is 29.6 Å². The van der Waals surface area contributed by atoms with Crippen molar-refractivity contribution in [2.75, 3.05) is 12.3 Å². The fourth-order valence-corrected chi connectivity index (χ4v) is 3.71. The van der Waals surface area contributed by atoms with Gasteiger partial charge in [-0.3, -0.25) is 14.2 Å². The summed E-state index contributed by atoms with van der Waals surface area (Å²) in [5.41, 5.74) is 11.6. The van der Waals surface area contributed by atoms with Crippen molar-refractivity contribution >= 4 is 28.7 Å². The topological polar surface area (TPSA) is 226 Å². The van der Waals surface area contributed by atoms with Gasteiger partial charge < -0.3 is 37.3 Å². The lowest BCUT2D eigenvalue weighted by Gasteiger charge is -2.39. The van der Waals surface area contributed by atoms with Gasteiger partial charge in [-0.15, -0.1) is 0 Å². The molecule has 3 heterocycles. The van der Waals surface area contributed by atoms with Crippen LogP contribution in [-0.2, 0) is 20.1 Å². The molecule has 0 bridgehead atoms. The second kappa shape index (κ2) is 7.27. The summed E-state index contributed by atoms with van der Waals surface area (Å²) in [5, 5.41) is 31.8. The number of hydrogen-bond donors (Lipinski definition) is 6. The van der Waals surface area contributed by atoms with E-state index >= 15 is 0 Å². The molecule has 13 nitrogen and oxygen atoms in total. The third kappa shape index (κ3) is 2.70. The first-order chi connectivity index (χ1) is 13.7. The van der Waals surface area contributed by atoms with E-state index in [1.165, 1.54) is 0 Å². The molecular formula is C16H23N7O6. The maximum Gasteiger partial charge on any atom is 0.275 e. The Hall–Kier alpha value is -2.71. The predicted molar refractivity (Wildman–Crippen MR) is 97.7 cm³/mol. The number of primary amides is 1. The number of nitrogen functional groups attached to an aromatic ring is 1. The van der Waals surface area contributed by atoms with E-state index in [-0.39, 0.29) is 23.4 Å². The van der Waals surface area contributed by atoms with E-state index in [1.54, 1.807) is 6.92 Å². The zero-order valence-corrected chi connectivity index (χ0v) is 15.6. The highest BCUT2D eigenvalue weighted by Crippen LogP contribution is 2.46. The molecule has 3 rings (SSSR count). The van der Waals surface area contributed by atoms with E-state index in [2.05, 4.69) is 15.0 Å². The number of carbonyl (C=O) groups is 2. The second-order valence-electron chi connectivity index (χ2n) is 6.86. The lowest BCUT2D eigenvalue weighted by atomic mass is 9.78. The fraction of sp³-hybridized carbons (Fsp3) is 0.562. The van der Waals surface area contributed by atoms with E-state index in [0.29, 0.717) is 6.42 Å².